The SMILES string of the molecule is Clc1ccc(-c2nc3ccc(-c4cccs4)cn3c2CN2CCCNCC2)cc1. The number of pyridine rings is 1. The molecule has 4 nitrogen and oxygen atoms in total. The summed E-state index contributed by atoms with van der Waals surface area (Å²) in [5.74, 6) is 0. The standard InChI is InChI=1S/C23H23ClN4S/c24-19-7-4-17(5-8-19)23-20(16-27-12-2-10-25-11-13-27)28-15-18(6-9-22(28)26-23)21-3-1-14-29-21/h1,3-9,14-15,25H,2,10-13,16H2. The molecule has 1 saturated heterocycles. The van der Waals surface area contributed by atoms with Gasteiger partial charge in [-0.2, -0.15) is 0 Å². The molecule has 0 spiro atoms. The maximum absolute atomic E-state index is 6.13. The number of halogens is 1. The van der Waals surface area contributed by atoms with Crippen LogP contribution in [0, 0.1) is 0 Å². The van der Waals surface area contributed by atoms with Crippen LogP contribution in [0.25, 0.3) is 27.3 Å². The Morgan fingerprint density at radius 2 is 1.86 bits per heavy atom. The van der Waals surface area contributed by atoms with Crippen LogP contribution in [-0.4, -0.2) is 40.5 Å². The molecule has 1 aliphatic heterocycles. The quantitative estimate of drug-likeness (QED) is 0.492. The van der Waals surface area contributed by atoms with Crippen molar-refractivity contribution in [1.29, 1.82) is 0 Å². The van der Waals surface area contributed by atoms with Crippen LogP contribution in [0.3, 0.4) is 0 Å². The minimum Gasteiger partial charge on any atom is -0.315 e. The van der Waals surface area contributed by atoms with Gasteiger partial charge >= 0.3 is 0 Å². The van der Waals surface area contributed by atoms with Crippen LogP contribution in [0.2, 0.25) is 5.02 Å². The van der Waals surface area contributed by atoms with E-state index < -0.39 is 0 Å². The van der Waals surface area contributed by atoms with E-state index in [4.69, 9.17) is 16.6 Å². The Balaban J connectivity index is 1.62. The Kier molecular flexibility index (Phi) is 5.38. The molecule has 1 fully saturated rings. The van der Waals surface area contributed by atoms with Crippen molar-refractivity contribution < 1.29 is 0 Å². The third-order valence-corrected chi connectivity index (χ3v) is 6.62. The molecule has 1 aromatic carbocycles. The van der Waals surface area contributed by atoms with Gasteiger partial charge in [0, 0.05) is 46.9 Å². The zero-order valence-electron chi connectivity index (χ0n) is 16.1. The van der Waals surface area contributed by atoms with E-state index in [0.717, 1.165) is 54.7 Å². The Morgan fingerprint density at radius 1 is 1.00 bits per heavy atom. The predicted molar refractivity (Wildman–Crippen MR) is 122 cm³/mol. The molecule has 0 bridgehead atoms. The topological polar surface area (TPSA) is 32.6 Å². The van der Waals surface area contributed by atoms with Crippen LogP contribution in [0.1, 0.15) is 12.1 Å². The van der Waals surface area contributed by atoms with Gasteiger partial charge in [0.25, 0.3) is 0 Å². The van der Waals surface area contributed by atoms with Crippen molar-refractivity contribution in [2.45, 2.75) is 13.0 Å². The molecule has 5 rings (SSSR count). The van der Waals surface area contributed by atoms with Gasteiger partial charge < -0.3 is 9.72 Å². The number of hydrogen-bond acceptors (Lipinski definition) is 4. The first-order valence-electron chi connectivity index (χ1n) is 10.0. The van der Waals surface area contributed by atoms with Crippen LogP contribution in [0.4, 0.5) is 0 Å². The first-order valence-corrected chi connectivity index (χ1v) is 11.3. The molecule has 1 N–H and O–H groups in total. The van der Waals surface area contributed by atoms with E-state index in [1.807, 2.05) is 12.1 Å². The minimum absolute atomic E-state index is 0.748. The van der Waals surface area contributed by atoms with Crippen molar-refractivity contribution in [1.82, 2.24) is 19.6 Å². The first kappa shape index (κ1) is 18.8. The second kappa shape index (κ2) is 8.28. The Hall–Kier alpha value is -2.18. The summed E-state index contributed by atoms with van der Waals surface area (Å²) < 4.78 is 2.28. The van der Waals surface area contributed by atoms with Crippen molar-refractivity contribution in [3.63, 3.8) is 0 Å². The number of benzene rings is 1. The lowest BCUT2D eigenvalue weighted by atomic mass is 10.1. The molecule has 0 atom stereocenters. The number of nitrogens with zero attached hydrogens (tertiary/aromatic N) is 3. The van der Waals surface area contributed by atoms with Gasteiger partial charge in [-0.15, -0.1) is 11.3 Å². The van der Waals surface area contributed by atoms with Gasteiger partial charge in [-0.1, -0.05) is 29.8 Å². The van der Waals surface area contributed by atoms with Crippen molar-refractivity contribution in [2.75, 3.05) is 26.2 Å². The number of rotatable bonds is 4. The van der Waals surface area contributed by atoms with Crippen molar-refractivity contribution >= 4 is 28.6 Å². The average Bonchev–Trinajstić information content (AvgIpc) is 3.31. The zero-order valence-corrected chi connectivity index (χ0v) is 17.7. The smallest absolute Gasteiger partial charge is 0.137 e. The zero-order chi connectivity index (χ0) is 19.6. The fourth-order valence-electron chi connectivity index (χ4n) is 3.94. The number of thiophene rings is 1. The predicted octanol–water partition coefficient (Wildman–Crippen LogP) is 5.18. The molecule has 0 amide bonds. The van der Waals surface area contributed by atoms with Gasteiger partial charge in [-0.3, -0.25) is 4.90 Å². The molecule has 0 aliphatic carbocycles. The molecule has 0 unspecified atom stereocenters. The van der Waals surface area contributed by atoms with Crippen LogP contribution in [0.5, 0.6) is 0 Å². The fraction of sp³-hybridized carbons (Fsp3) is 0.261. The van der Waals surface area contributed by atoms with E-state index in [2.05, 4.69) is 62.6 Å². The van der Waals surface area contributed by atoms with Crippen molar-refractivity contribution in [2.24, 2.45) is 0 Å². The van der Waals surface area contributed by atoms with E-state index in [9.17, 15) is 0 Å². The molecule has 29 heavy (non-hydrogen) atoms. The van der Waals surface area contributed by atoms with Crippen molar-refractivity contribution in [3.05, 3.63) is 70.8 Å². The normalized spacial score (nSPS) is 15.6. The van der Waals surface area contributed by atoms with Crippen LogP contribution >= 0.6 is 22.9 Å². The number of aromatic nitrogens is 2. The monoisotopic (exact) mass is 422 g/mol. The van der Waals surface area contributed by atoms with E-state index in [1.54, 1.807) is 11.3 Å². The highest BCUT2D eigenvalue weighted by Gasteiger charge is 2.19. The minimum atomic E-state index is 0.748. The Labute approximate surface area is 179 Å². The van der Waals surface area contributed by atoms with Crippen LogP contribution in [-0.2, 0) is 6.54 Å². The summed E-state index contributed by atoms with van der Waals surface area (Å²) in [6, 6.07) is 16.6. The van der Waals surface area contributed by atoms with Crippen LogP contribution in [0.15, 0.2) is 60.1 Å². The summed E-state index contributed by atoms with van der Waals surface area (Å²) in [5.41, 5.74) is 5.60. The van der Waals surface area contributed by atoms with E-state index in [0.29, 0.717) is 0 Å². The molecule has 4 aromatic rings. The summed E-state index contributed by atoms with van der Waals surface area (Å²) in [6.45, 7) is 5.17. The highest BCUT2D eigenvalue weighted by atomic mass is 35.5. The summed E-state index contributed by atoms with van der Waals surface area (Å²) in [6.07, 6.45) is 3.41. The van der Waals surface area contributed by atoms with E-state index in [-0.39, 0.29) is 0 Å². The average molecular weight is 423 g/mol. The molecule has 3 aromatic heterocycles. The van der Waals surface area contributed by atoms with Crippen molar-refractivity contribution in [3.8, 4) is 21.7 Å². The summed E-state index contributed by atoms with van der Waals surface area (Å²) in [5, 5.41) is 6.37. The Bertz CT molecular complexity index is 1090. The second-order valence-corrected chi connectivity index (χ2v) is 8.80. The molecule has 0 radical (unpaired) electrons. The molecule has 148 valence electrons. The van der Waals surface area contributed by atoms with Gasteiger partial charge in [0.05, 0.1) is 11.4 Å². The lowest BCUT2D eigenvalue weighted by Gasteiger charge is -2.20. The second-order valence-electron chi connectivity index (χ2n) is 7.42. The first-order chi connectivity index (χ1) is 14.3. The van der Waals surface area contributed by atoms with Gasteiger partial charge in [-0.25, -0.2) is 4.98 Å². The highest BCUT2D eigenvalue weighted by Crippen LogP contribution is 2.30. The third kappa shape index (κ3) is 3.96. The number of hydrogen-bond donors (Lipinski definition) is 1. The van der Waals surface area contributed by atoms with Crippen LogP contribution < -0.4 is 5.32 Å². The number of imidazole rings is 1. The lowest BCUT2D eigenvalue weighted by molar-refractivity contribution is 0.281. The van der Waals surface area contributed by atoms with E-state index in [1.165, 1.54) is 22.6 Å². The van der Waals surface area contributed by atoms with Gasteiger partial charge in [0.15, 0.2) is 0 Å². The Morgan fingerprint density at radius 3 is 2.69 bits per heavy atom. The lowest BCUT2D eigenvalue weighted by Crippen LogP contribution is -2.28. The molecular weight excluding hydrogens is 400 g/mol. The maximum atomic E-state index is 6.13. The van der Waals surface area contributed by atoms with E-state index >= 15 is 0 Å². The third-order valence-electron chi connectivity index (χ3n) is 5.45. The molecule has 0 saturated carbocycles. The summed E-state index contributed by atoms with van der Waals surface area (Å²) >= 11 is 7.90. The van der Waals surface area contributed by atoms with Gasteiger partial charge in [0.2, 0.25) is 0 Å². The van der Waals surface area contributed by atoms with Gasteiger partial charge in [0.1, 0.15) is 5.65 Å². The molecule has 1 aliphatic rings. The number of fused-ring (bicyclic) bond motifs is 1. The summed E-state index contributed by atoms with van der Waals surface area (Å²) in [4.78, 5) is 8.81. The largest absolute Gasteiger partial charge is 0.315 e. The fourth-order valence-corrected chi connectivity index (χ4v) is 4.79. The van der Waals surface area contributed by atoms with Gasteiger partial charge in [-0.05, 0) is 55.2 Å². The molecule has 4 heterocycles. The molecular formula is C23H23ClN4S. The summed E-state index contributed by atoms with van der Waals surface area (Å²) in [7, 11) is 0. The maximum Gasteiger partial charge on any atom is 0.137 e. The highest BCUT2D eigenvalue weighted by molar-refractivity contribution is 7.13. The number of nitrogens with one attached hydrogen (secondary N) is 1. The molecule has 6 heteroatoms.